The summed E-state index contributed by atoms with van der Waals surface area (Å²) in [5.74, 6) is 0. The number of carbonyl (C=O) groups excluding carboxylic acids is 1. The minimum absolute atomic E-state index is 0.0112. The number of aromatic amines is 1. The van der Waals surface area contributed by atoms with Crippen molar-refractivity contribution in [1.29, 1.82) is 0 Å². The highest BCUT2D eigenvalue weighted by molar-refractivity contribution is 7.10. The highest BCUT2D eigenvalue weighted by atomic mass is 32.1. The zero-order valence-corrected chi connectivity index (χ0v) is 12.2. The van der Waals surface area contributed by atoms with Gasteiger partial charge in [0.15, 0.2) is 0 Å². The average molecular weight is 290 g/mol. The third kappa shape index (κ3) is 2.56. The topological polar surface area (TPSA) is 61.0 Å². The van der Waals surface area contributed by atoms with E-state index in [0.717, 1.165) is 30.6 Å². The molecular weight excluding hydrogens is 272 g/mol. The van der Waals surface area contributed by atoms with Crippen molar-refractivity contribution in [2.24, 2.45) is 0 Å². The van der Waals surface area contributed by atoms with Crippen molar-refractivity contribution in [3.63, 3.8) is 0 Å². The van der Waals surface area contributed by atoms with Crippen LogP contribution in [-0.2, 0) is 13.0 Å². The number of urea groups is 1. The summed E-state index contributed by atoms with van der Waals surface area (Å²) in [4.78, 5) is 15.4. The molecule has 2 aromatic rings. The molecule has 0 bridgehead atoms. The minimum atomic E-state index is 0.0112. The van der Waals surface area contributed by atoms with Crippen LogP contribution < -0.4 is 5.32 Å². The first-order chi connectivity index (χ1) is 9.78. The molecule has 3 rings (SSSR count). The van der Waals surface area contributed by atoms with E-state index in [1.54, 1.807) is 11.3 Å². The Kier molecular flexibility index (Phi) is 3.73. The Labute approximate surface area is 122 Å². The second kappa shape index (κ2) is 5.66. The zero-order valence-electron chi connectivity index (χ0n) is 11.4. The predicted octanol–water partition coefficient (Wildman–Crippen LogP) is 2.69. The van der Waals surface area contributed by atoms with Crippen molar-refractivity contribution in [1.82, 2.24) is 20.4 Å². The molecule has 20 heavy (non-hydrogen) atoms. The molecule has 0 fully saturated rings. The highest BCUT2D eigenvalue weighted by Crippen LogP contribution is 2.23. The maximum absolute atomic E-state index is 12.4. The Morgan fingerprint density at radius 2 is 2.55 bits per heavy atom. The van der Waals surface area contributed by atoms with E-state index >= 15 is 0 Å². The molecular formula is C14H18N4OS. The van der Waals surface area contributed by atoms with Gasteiger partial charge in [-0.1, -0.05) is 13.0 Å². The number of hydrogen-bond donors (Lipinski definition) is 2. The van der Waals surface area contributed by atoms with Gasteiger partial charge >= 0.3 is 6.03 Å². The Morgan fingerprint density at radius 1 is 1.65 bits per heavy atom. The van der Waals surface area contributed by atoms with Crippen molar-refractivity contribution in [3.8, 4) is 0 Å². The van der Waals surface area contributed by atoms with Crippen LogP contribution in [0.5, 0.6) is 0 Å². The van der Waals surface area contributed by atoms with Crippen LogP contribution >= 0.6 is 11.3 Å². The molecule has 1 aliphatic heterocycles. The highest BCUT2D eigenvalue weighted by Gasteiger charge is 2.23. The summed E-state index contributed by atoms with van der Waals surface area (Å²) in [6.45, 7) is 3.47. The lowest BCUT2D eigenvalue weighted by atomic mass is 10.1. The van der Waals surface area contributed by atoms with Gasteiger partial charge in [-0.15, -0.1) is 11.3 Å². The first-order valence-corrected chi connectivity index (χ1v) is 7.76. The van der Waals surface area contributed by atoms with Gasteiger partial charge in [-0.25, -0.2) is 4.79 Å². The molecule has 2 aromatic heterocycles. The molecule has 6 heteroatoms. The van der Waals surface area contributed by atoms with Gasteiger partial charge in [0, 0.05) is 29.1 Å². The molecule has 106 valence electrons. The van der Waals surface area contributed by atoms with Crippen LogP contribution in [0.25, 0.3) is 0 Å². The second-order valence-corrected chi connectivity index (χ2v) is 5.95. The van der Waals surface area contributed by atoms with Crippen molar-refractivity contribution in [3.05, 3.63) is 39.8 Å². The molecule has 0 aromatic carbocycles. The molecule has 2 N–H and O–H groups in total. The Hall–Kier alpha value is -1.82. The normalized spacial score (nSPS) is 15.8. The van der Waals surface area contributed by atoms with Crippen molar-refractivity contribution >= 4 is 17.4 Å². The van der Waals surface area contributed by atoms with Crippen molar-refractivity contribution in [2.45, 2.75) is 32.4 Å². The first-order valence-electron chi connectivity index (χ1n) is 6.88. The van der Waals surface area contributed by atoms with Crippen LogP contribution in [0.2, 0.25) is 0 Å². The fourth-order valence-corrected chi connectivity index (χ4v) is 3.36. The molecule has 1 aliphatic rings. The summed E-state index contributed by atoms with van der Waals surface area (Å²) >= 11 is 1.69. The average Bonchev–Trinajstić information content (AvgIpc) is 3.14. The van der Waals surface area contributed by atoms with Gasteiger partial charge in [0.05, 0.1) is 18.8 Å². The van der Waals surface area contributed by atoms with Crippen LogP contribution in [0.15, 0.2) is 23.7 Å². The van der Waals surface area contributed by atoms with Crippen molar-refractivity contribution in [2.75, 3.05) is 6.54 Å². The number of fused-ring (bicyclic) bond motifs is 1. The Balaban J connectivity index is 1.65. The largest absolute Gasteiger partial charge is 0.330 e. The summed E-state index contributed by atoms with van der Waals surface area (Å²) < 4.78 is 0. The van der Waals surface area contributed by atoms with Gasteiger partial charge in [-0.3, -0.25) is 5.10 Å². The lowest BCUT2D eigenvalue weighted by Crippen LogP contribution is -2.43. The standard InChI is InChI=1S/C14H18N4OS/c1-2-11(13-4-3-7-20-13)16-14(19)18-6-5-12-10(9-18)8-15-17-12/h3-4,7-8,11H,2,5-6,9H2,1H3,(H,15,17)(H,16,19). The van der Waals surface area contributed by atoms with Crippen LogP contribution in [-0.4, -0.2) is 27.7 Å². The van der Waals surface area contributed by atoms with Gasteiger partial charge in [-0.05, 0) is 17.9 Å². The fraction of sp³-hybridized carbons (Fsp3) is 0.429. The van der Waals surface area contributed by atoms with E-state index in [9.17, 15) is 4.79 Å². The Morgan fingerprint density at radius 3 is 3.30 bits per heavy atom. The van der Waals surface area contributed by atoms with E-state index in [4.69, 9.17) is 0 Å². The number of H-pyrrole nitrogens is 1. The lowest BCUT2D eigenvalue weighted by Gasteiger charge is -2.28. The maximum Gasteiger partial charge on any atom is 0.318 e. The van der Waals surface area contributed by atoms with Crippen LogP contribution in [0.4, 0.5) is 4.79 Å². The summed E-state index contributed by atoms with van der Waals surface area (Å²) in [7, 11) is 0. The van der Waals surface area contributed by atoms with E-state index in [1.807, 2.05) is 22.5 Å². The summed E-state index contributed by atoms with van der Waals surface area (Å²) in [5.41, 5.74) is 2.27. The molecule has 1 atom stereocenters. The molecule has 0 saturated heterocycles. The van der Waals surface area contributed by atoms with Gasteiger partial charge in [-0.2, -0.15) is 5.10 Å². The quantitative estimate of drug-likeness (QED) is 0.913. The molecule has 5 nitrogen and oxygen atoms in total. The van der Waals surface area contributed by atoms with Gasteiger partial charge in [0.1, 0.15) is 0 Å². The summed E-state index contributed by atoms with van der Waals surface area (Å²) in [5, 5.41) is 12.2. The number of thiophene rings is 1. The van der Waals surface area contributed by atoms with E-state index < -0.39 is 0 Å². The number of rotatable bonds is 3. The summed E-state index contributed by atoms with van der Waals surface area (Å²) in [6.07, 6.45) is 3.56. The van der Waals surface area contributed by atoms with E-state index in [2.05, 4.69) is 28.5 Å². The number of aromatic nitrogens is 2. The molecule has 0 saturated carbocycles. The minimum Gasteiger partial charge on any atom is -0.330 e. The summed E-state index contributed by atoms with van der Waals surface area (Å²) in [6, 6.07) is 4.21. The molecule has 3 heterocycles. The van der Waals surface area contributed by atoms with E-state index in [0.29, 0.717) is 6.54 Å². The Bertz CT molecular complexity index is 578. The number of nitrogens with one attached hydrogen (secondary N) is 2. The van der Waals surface area contributed by atoms with Crippen molar-refractivity contribution < 1.29 is 4.79 Å². The molecule has 1 unspecified atom stereocenters. The van der Waals surface area contributed by atoms with Crippen LogP contribution in [0.1, 0.15) is 35.5 Å². The number of nitrogens with zero attached hydrogens (tertiary/aromatic N) is 2. The molecule has 2 amide bonds. The molecule has 0 aliphatic carbocycles. The van der Waals surface area contributed by atoms with Gasteiger partial charge < -0.3 is 10.2 Å². The second-order valence-electron chi connectivity index (χ2n) is 4.97. The number of amides is 2. The predicted molar refractivity (Wildman–Crippen MR) is 78.6 cm³/mol. The van der Waals surface area contributed by atoms with E-state index in [-0.39, 0.29) is 12.1 Å². The zero-order chi connectivity index (χ0) is 13.9. The van der Waals surface area contributed by atoms with E-state index in [1.165, 1.54) is 4.88 Å². The SMILES string of the molecule is CCC(NC(=O)N1CCc2[nH]ncc2C1)c1cccs1. The maximum atomic E-state index is 12.4. The number of hydrogen-bond acceptors (Lipinski definition) is 3. The third-order valence-electron chi connectivity index (χ3n) is 3.68. The van der Waals surface area contributed by atoms with Crippen LogP contribution in [0.3, 0.4) is 0 Å². The van der Waals surface area contributed by atoms with Gasteiger partial charge in [0.25, 0.3) is 0 Å². The monoisotopic (exact) mass is 290 g/mol. The van der Waals surface area contributed by atoms with Gasteiger partial charge in [0.2, 0.25) is 0 Å². The lowest BCUT2D eigenvalue weighted by molar-refractivity contribution is 0.188. The van der Waals surface area contributed by atoms with Crippen LogP contribution in [0, 0.1) is 0 Å². The third-order valence-corrected chi connectivity index (χ3v) is 4.67. The molecule has 0 spiro atoms. The number of carbonyl (C=O) groups is 1. The first kappa shape index (κ1) is 13.2. The smallest absolute Gasteiger partial charge is 0.318 e. The fourth-order valence-electron chi connectivity index (χ4n) is 2.50. The molecule has 0 radical (unpaired) electrons.